The zero-order chi connectivity index (χ0) is 22.3. The predicted molar refractivity (Wildman–Crippen MR) is 128 cm³/mol. The third-order valence-electron chi connectivity index (χ3n) is 5.95. The van der Waals surface area contributed by atoms with Gasteiger partial charge in [-0.15, -0.1) is 0 Å². The summed E-state index contributed by atoms with van der Waals surface area (Å²) >= 11 is 1.63. The Kier molecular flexibility index (Phi) is 5.73. The zero-order valence-corrected chi connectivity index (χ0v) is 20.0. The number of aromatic nitrogens is 4. The summed E-state index contributed by atoms with van der Waals surface area (Å²) in [5.41, 5.74) is 4.79. The molecule has 0 spiro atoms. The van der Waals surface area contributed by atoms with E-state index in [1.54, 1.807) is 28.2 Å². The molecule has 0 aliphatic carbocycles. The van der Waals surface area contributed by atoms with Gasteiger partial charge in [0.05, 0.1) is 21.6 Å². The molecule has 7 nitrogen and oxygen atoms in total. The Morgan fingerprint density at radius 2 is 1.84 bits per heavy atom. The van der Waals surface area contributed by atoms with E-state index < -0.39 is 10.0 Å². The molecule has 4 aromatic rings. The number of aryl methyl sites for hydroxylation is 2. The molecule has 0 radical (unpaired) electrons. The van der Waals surface area contributed by atoms with E-state index in [2.05, 4.69) is 36.9 Å². The third kappa shape index (κ3) is 3.93. The van der Waals surface area contributed by atoms with E-state index in [0.717, 1.165) is 53.3 Å². The van der Waals surface area contributed by atoms with Gasteiger partial charge in [0, 0.05) is 37.8 Å². The van der Waals surface area contributed by atoms with Crippen LogP contribution in [0, 0.1) is 6.92 Å². The van der Waals surface area contributed by atoms with Crippen molar-refractivity contribution in [1.82, 2.24) is 23.2 Å². The molecule has 5 rings (SSSR count). The molecule has 0 amide bonds. The van der Waals surface area contributed by atoms with E-state index in [4.69, 9.17) is 9.97 Å². The lowest BCUT2D eigenvalue weighted by Gasteiger charge is -2.25. The molecule has 0 unspecified atom stereocenters. The fourth-order valence-electron chi connectivity index (χ4n) is 4.28. The maximum Gasteiger partial charge on any atom is 0.243 e. The van der Waals surface area contributed by atoms with Crippen LogP contribution in [0.15, 0.2) is 52.8 Å². The van der Waals surface area contributed by atoms with Crippen LogP contribution in [0.3, 0.4) is 0 Å². The summed E-state index contributed by atoms with van der Waals surface area (Å²) in [5.74, 6) is 0.697. The van der Waals surface area contributed by atoms with E-state index in [-0.39, 0.29) is 0 Å². The Hall–Kier alpha value is -2.36. The molecule has 4 heterocycles. The molecule has 1 fully saturated rings. The van der Waals surface area contributed by atoms with Gasteiger partial charge in [0.15, 0.2) is 5.16 Å². The minimum atomic E-state index is -3.47. The number of fused-ring (bicyclic) bond motifs is 2. The van der Waals surface area contributed by atoms with Gasteiger partial charge in [-0.25, -0.2) is 18.4 Å². The normalized spacial score (nSPS) is 15.7. The smallest absolute Gasteiger partial charge is 0.243 e. The molecule has 0 bridgehead atoms. The minimum absolute atomic E-state index is 0.333. The van der Waals surface area contributed by atoms with Crippen molar-refractivity contribution < 1.29 is 8.42 Å². The van der Waals surface area contributed by atoms with Crippen molar-refractivity contribution >= 4 is 38.5 Å². The van der Waals surface area contributed by atoms with E-state index in [0.29, 0.717) is 23.7 Å². The van der Waals surface area contributed by atoms with Crippen LogP contribution in [0.2, 0.25) is 0 Å². The highest BCUT2D eigenvalue weighted by atomic mass is 32.2. The average molecular weight is 470 g/mol. The van der Waals surface area contributed by atoms with Gasteiger partial charge in [0.25, 0.3) is 0 Å². The van der Waals surface area contributed by atoms with Gasteiger partial charge in [0.1, 0.15) is 5.65 Å². The number of hydrogen-bond donors (Lipinski definition) is 0. The first-order valence-electron chi connectivity index (χ1n) is 11.0. The van der Waals surface area contributed by atoms with Crippen molar-refractivity contribution in [3.05, 3.63) is 54.0 Å². The number of nitrogens with zero attached hydrogens (tertiary/aromatic N) is 5. The monoisotopic (exact) mass is 469 g/mol. The molecular formula is C23H27N5O2S2. The predicted octanol–water partition coefficient (Wildman–Crippen LogP) is 4.48. The first-order valence-corrected chi connectivity index (χ1v) is 13.5. The van der Waals surface area contributed by atoms with Crippen LogP contribution in [0.25, 0.3) is 16.7 Å². The Morgan fingerprint density at radius 1 is 1.03 bits per heavy atom. The average Bonchev–Trinajstić information content (AvgIpc) is 3.37. The lowest BCUT2D eigenvalue weighted by atomic mass is 10.2. The minimum Gasteiger partial charge on any atom is -0.319 e. The van der Waals surface area contributed by atoms with E-state index in [9.17, 15) is 8.42 Å². The summed E-state index contributed by atoms with van der Waals surface area (Å²) in [5, 5.41) is 0.878. The summed E-state index contributed by atoms with van der Waals surface area (Å²) in [6.45, 7) is 6.11. The summed E-state index contributed by atoms with van der Waals surface area (Å²) in [7, 11) is -3.47. The van der Waals surface area contributed by atoms with Gasteiger partial charge in [-0.05, 0) is 56.5 Å². The number of rotatable bonds is 6. The van der Waals surface area contributed by atoms with Gasteiger partial charge >= 0.3 is 0 Å². The largest absolute Gasteiger partial charge is 0.319 e. The SMILES string of the molecule is CCn1c(SCc2cn3cc(C)ccc3n2)nc2cc(S(=O)(=O)N3CCCCC3)ccc21. The number of benzene rings is 1. The lowest BCUT2D eigenvalue weighted by molar-refractivity contribution is 0.346. The fraction of sp³-hybridized carbons (Fsp3) is 0.391. The van der Waals surface area contributed by atoms with E-state index in [1.807, 2.05) is 16.5 Å². The Morgan fingerprint density at radius 3 is 2.62 bits per heavy atom. The van der Waals surface area contributed by atoms with Crippen molar-refractivity contribution in [3.8, 4) is 0 Å². The molecule has 0 saturated carbocycles. The molecule has 1 aliphatic rings. The molecule has 1 aliphatic heterocycles. The van der Waals surface area contributed by atoms with Crippen LogP contribution in [0.1, 0.15) is 37.4 Å². The molecule has 168 valence electrons. The number of pyridine rings is 1. The van der Waals surface area contributed by atoms with Crippen LogP contribution in [0.4, 0.5) is 0 Å². The summed E-state index contributed by atoms with van der Waals surface area (Å²) in [6.07, 6.45) is 7.07. The first-order chi connectivity index (χ1) is 15.5. The fourth-order valence-corrected chi connectivity index (χ4v) is 6.78. The number of piperidine rings is 1. The number of hydrogen-bond acceptors (Lipinski definition) is 5. The standard InChI is InChI=1S/C23H27N5O2S2/c1-3-28-21-9-8-19(32(29,30)27-11-5-4-6-12-27)13-20(21)25-23(28)31-16-18-15-26-14-17(2)7-10-22(26)24-18/h7-10,13-15H,3-6,11-12,16H2,1-2H3. The van der Waals surface area contributed by atoms with Crippen LogP contribution >= 0.6 is 11.8 Å². The van der Waals surface area contributed by atoms with Crippen molar-refractivity contribution in [2.45, 2.75) is 55.5 Å². The van der Waals surface area contributed by atoms with Crippen molar-refractivity contribution in [1.29, 1.82) is 0 Å². The van der Waals surface area contributed by atoms with Crippen LogP contribution < -0.4 is 0 Å². The Bertz CT molecular complexity index is 1380. The number of imidazole rings is 2. The van der Waals surface area contributed by atoms with E-state index >= 15 is 0 Å². The van der Waals surface area contributed by atoms with Crippen molar-refractivity contribution in [2.24, 2.45) is 0 Å². The zero-order valence-electron chi connectivity index (χ0n) is 18.4. The van der Waals surface area contributed by atoms with Crippen LogP contribution in [-0.2, 0) is 22.3 Å². The van der Waals surface area contributed by atoms with Crippen molar-refractivity contribution in [3.63, 3.8) is 0 Å². The molecular weight excluding hydrogens is 442 g/mol. The maximum atomic E-state index is 13.1. The molecule has 9 heteroatoms. The summed E-state index contributed by atoms with van der Waals surface area (Å²) in [4.78, 5) is 9.82. The highest BCUT2D eigenvalue weighted by molar-refractivity contribution is 7.98. The molecule has 0 atom stereocenters. The van der Waals surface area contributed by atoms with Gasteiger partial charge in [-0.3, -0.25) is 0 Å². The number of sulfonamides is 1. The third-order valence-corrected chi connectivity index (χ3v) is 8.86. The van der Waals surface area contributed by atoms with Gasteiger partial charge in [-0.2, -0.15) is 4.31 Å². The van der Waals surface area contributed by atoms with Gasteiger partial charge < -0.3 is 8.97 Å². The molecule has 3 aromatic heterocycles. The van der Waals surface area contributed by atoms with Crippen LogP contribution in [-0.4, -0.2) is 44.7 Å². The number of thioether (sulfide) groups is 1. The lowest BCUT2D eigenvalue weighted by Crippen LogP contribution is -2.35. The van der Waals surface area contributed by atoms with E-state index in [1.165, 1.54) is 5.56 Å². The maximum absolute atomic E-state index is 13.1. The summed E-state index contributed by atoms with van der Waals surface area (Å²) in [6, 6.07) is 9.42. The Labute approximate surface area is 192 Å². The highest BCUT2D eigenvalue weighted by Gasteiger charge is 2.26. The highest BCUT2D eigenvalue weighted by Crippen LogP contribution is 2.29. The quantitative estimate of drug-likeness (QED) is 0.389. The summed E-state index contributed by atoms with van der Waals surface area (Å²) < 4.78 is 32.0. The molecule has 0 N–H and O–H groups in total. The second-order valence-corrected chi connectivity index (χ2v) is 11.1. The Balaban J connectivity index is 1.42. The second kappa shape index (κ2) is 8.53. The molecule has 1 saturated heterocycles. The van der Waals surface area contributed by atoms with Gasteiger partial charge in [-0.1, -0.05) is 24.2 Å². The van der Waals surface area contributed by atoms with Crippen LogP contribution in [0.5, 0.6) is 0 Å². The molecule has 1 aromatic carbocycles. The second-order valence-electron chi connectivity index (χ2n) is 8.25. The molecule has 32 heavy (non-hydrogen) atoms. The van der Waals surface area contributed by atoms with Crippen molar-refractivity contribution in [2.75, 3.05) is 13.1 Å². The first kappa shape index (κ1) is 21.5. The topological polar surface area (TPSA) is 72.5 Å². The van der Waals surface area contributed by atoms with Gasteiger partial charge in [0.2, 0.25) is 10.0 Å².